The maximum Gasteiger partial charge on any atom is 0.472 e. The van der Waals surface area contributed by atoms with E-state index in [4.69, 9.17) is 13.8 Å². The average molecular weight is 594 g/mol. The fourth-order valence-electron chi connectivity index (χ4n) is 4.32. The second-order valence-corrected chi connectivity index (χ2v) is 12.2. The first-order valence-corrected chi connectivity index (χ1v) is 17.5. The molecular weight excluding hydrogens is 533 g/mol. The van der Waals surface area contributed by atoms with E-state index in [1.807, 2.05) is 0 Å². The summed E-state index contributed by atoms with van der Waals surface area (Å²) in [6, 6.07) is 0. The van der Waals surface area contributed by atoms with Gasteiger partial charge in [-0.15, -0.1) is 0 Å². The monoisotopic (exact) mass is 593 g/mol. The van der Waals surface area contributed by atoms with E-state index in [1.54, 1.807) is 0 Å². The second kappa shape index (κ2) is 28.1. The number of aliphatic hydroxyl groups is 1. The van der Waals surface area contributed by atoms with E-state index in [1.165, 1.54) is 83.5 Å². The fraction of sp³-hybridized carbons (Fsp3) is 0.933. The Hall–Kier alpha value is -0.990. The number of nitrogens with one attached hydrogen (secondary N) is 1. The summed E-state index contributed by atoms with van der Waals surface area (Å²) in [5.41, 5.74) is 0. The third-order valence-corrected chi connectivity index (χ3v) is 7.77. The summed E-state index contributed by atoms with van der Waals surface area (Å²) < 4.78 is 26.5. The van der Waals surface area contributed by atoms with E-state index in [0.717, 1.165) is 38.5 Å². The molecule has 40 heavy (non-hydrogen) atoms. The second-order valence-electron chi connectivity index (χ2n) is 10.8. The zero-order chi connectivity index (χ0) is 29.7. The number of aliphatic hydroxyl groups excluding tert-OH is 1. The van der Waals surface area contributed by atoms with Crippen molar-refractivity contribution in [3.8, 4) is 0 Å². The van der Waals surface area contributed by atoms with Crippen LogP contribution in [0.3, 0.4) is 0 Å². The van der Waals surface area contributed by atoms with Gasteiger partial charge in [-0.05, 0) is 12.8 Å². The van der Waals surface area contributed by atoms with Gasteiger partial charge >= 0.3 is 13.8 Å². The number of esters is 1. The zero-order valence-corrected chi connectivity index (χ0v) is 26.4. The lowest BCUT2D eigenvalue weighted by Gasteiger charge is -2.15. The lowest BCUT2D eigenvalue weighted by Crippen LogP contribution is -2.27. The van der Waals surface area contributed by atoms with Crippen molar-refractivity contribution in [1.82, 2.24) is 5.32 Å². The number of hydrogen-bond donors (Lipinski definition) is 3. The molecule has 3 N–H and O–H groups in total. The molecule has 0 aliphatic carbocycles. The first kappa shape index (κ1) is 39.0. The Morgan fingerprint density at radius 2 is 1.12 bits per heavy atom. The summed E-state index contributed by atoms with van der Waals surface area (Å²) in [4.78, 5) is 33.4. The van der Waals surface area contributed by atoms with Gasteiger partial charge in [0.2, 0.25) is 5.91 Å². The number of unbranched alkanes of at least 4 members (excludes halogenated alkanes) is 17. The minimum atomic E-state index is -4.39. The summed E-state index contributed by atoms with van der Waals surface area (Å²) in [6.45, 7) is 3.49. The van der Waals surface area contributed by atoms with Crippen molar-refractivity contribution in [2.24, 2.45) is 0 Å². The Morgan fingerprint density at radius 1 is 0.675 bits per heavy atom. The fourth-order valence-corrected chi connectivity index (χ4v) is 5.08. The van der Waals surface area contributed by atoms with Crippen LogP contribution >= 0.6 is 7.82 Å². The van der Waals surface area contributed by atoms with Crippen LogP contribution in [-0.4, -0.2) is 54.3 Å². The molecule has 0 bridgehead atoms. The first-order chi connectivity index (χ1) is 19.3. The lowest BCUT2D eigenvalue weighted by molar-refractivity contribution is -0.147. The molecular formula is C30H60NO8P. The first-order valence-electron chi connectivity index (χ1n) is 16.0. The van der Waals surface area contributed by atoms with Gasteiger partial charge < -0.3 is 20.1 Å². The Bertz CT molecular complexity index is 649. The van der Waals surface area contributed by atoms with Gasteiger partial charge in [-0.1, -0.05) is 123 Å². The molecule has 0 aromatic carbocycles. The van der Waals surface area contributed by atoms with E-state index in [0.29, 0.717) is 6.42 Å². The number of carbonyl (C=O) groups is 2. The van der Waals surface area contributed by atoms with Crippen molar-refractivity contribution in [2.75, 3.05) is 26.4 Å². The number of rotatable bonds is 30. The van der Waals surface area contributed by atoms with Crippen LogP contribution < -0.4 is 5.32 Å². The molecule has 9 nitrogen and oxygen atoms in total. The average Bonchev–Trinajstić information content (AvgIpc) is 2.93. The molecule has 0 aliphatic rings. The van der Waals surface area contributed by atoms with Crippen molar-refractivity contribution in [3.05, 3.63) is 0 Å². The summed E-state index contributed by atoms with van der Waals surface area (Å²) in [6.07, 6.45) is 21.9. The quantitative estimate of drug-likeness (QED) is 0.0447. The largest absolute Gasteiger partial charge is 0.472 e. The number of amides is 1. The Kier molecular flexibility index (Phi) is 27.4. The standard InChI is InChI=1S/C30H60NO8P/c1-3-5-7-9-11-13-14-15-16-18-20-22-29(33)31-24-25-38-40(35,36)39-27-28(32)26-37-30(34)23-21-19-17-12-10-8-6-4-2/h28,32H,3-27H2,1-2H3,(H,31,33)(H,35,36). The molecule has 1 amide bonds. The molecule has 238 valence electrons. The minimum Gasteiger partial charge on any atom is -0.463 e. The molecule has 0 saturated carbocycles. The van der Waals surface area contributed by atoms with Crippen LogP contribution in [-0.2, 0) is 27.9 Å². The summed E-state index contributed by atoms with van der Waals surface area (Å²) in [7, 11) is -4.39. The third-order valence-electron chi connectivity index (χ3n) is 6.79. The van der Waals surface area contributed by atoms with Crippen LogP contribution in [0.2, 0.25) is 0 Å². The van der Waals surface area contributed by atoms with Gasteiger partial charge in [0, 0.05) is 19.4 Å². The molecule has 0 fully saturated rings. The van der Waals surface area contributed by atoms with Gasteiger partial charge in [-0.2, -0.15) is 0 Å². The maximum atomic E-state index is 12.0. The van der Waals surface area contributed by atoms with Crippen molar-refractivity contribution in [1.29, 1.82) is 0 Å². The summed E-state index contributed by atoms with van der Waals surface area (Å²) in [5, 5.41) is 12.5. The number of carbonyl (C=O) groups excluding carboxylic acids is 2. The zero-order valence-electron chi connectivity index (χ0n) is 25.5. The predicted molar refractivity (Wildman–Crippen MR) is 160 cm³/mol. The van der Waals surface area contributed by atoms with Crippen LogP contribution in [0.25, 0.3) is 0 Å². The van der Waals surface area contributed by atoms with E-state index in [9.17, 15) is 24.2 Å². The molecule has 0 aromatic heterocycles. The Balaban J connectivity index is 3.65. The van der Waals surface area contributed by atoms with Gasteiger partial charge in [-0.3, -0.25) is 18.6 Å². The number of hydrogen-bond acceptors (Lipinski definition) is 7. The van der Waals surface area contributed by atoms with Crippen LogP contribution in [0.1, 0.15) is 149 Å². The van der Waals surface area contributed by atoms with Gasteiger partial charge in [0.15, 0.2) is 0 Å². The molecule has 0 rings (SSSR count). The van der Waals surface area contributed by atoms with Crippen LogP contribution in [0, 0.1) is 0 Å². The van der Waals surface area contributed by atoms with E-state index in [2.05, 4.69) is 19.2 Å². The van der Waals surface area contributed by atoms with Crippen LogP contribution in [0.5, 0.6) is 0 Å². The highest BCUT2D eigenvalue weighted by atomic mass is 31.2. The molecule has 0 saturated heterocycles. The highest BCUT2D eigenvalue weighted by molar-refractivity contribution is 7.47. The smallest absolute Gasteiger partial charge is 0.463 e. The van der Waals surface area contributed by atoms with Crippen LogP contribution in [0.15, 0.2) is 0 Å². The summed E-state index contributed by atoms with van der Waals surface area (Å²) in [5.74, 6) is -0.519. The van der Waals surface area contributed by atoms with Gasteiger partial charge in [0.25, 0.3) is 0 Å². The topological polar surface area (TPSA) is 131 Å². The van der Waals surface area contributed by atoms with E-state index >= 15 is 0 Å². The Labute approximate surface area is 244 Å². The van der Waals surface area contributed by atoms with Gasteiger partial charge in [0.05, 0.1) is 13.2 Å². The van der Waals surface area contributed by atoms with Crippen molar-refractivity contribution in [2.45, 2.75) is 155 Å². The molecule has 0 aliphatic heterocycles. The molecule has 0 radical (unpaired) electrons. The minimum absolute atomic E-state index is 0.0870. The highest BCUT2D eigenvalue weighted by Gasteiger charge is 2.23. The van der Waals surface area contributed by atoms with Crippen molar-refractivity contribution < 1.29 is 37.9 Å². The number of phosphoric acid groups is 1. The van der Waals surface area contributed by atoms with Crippen molar-refractivity contribution in [3.63, 3.8) is 0 Å². The maximum absolute atomic E-state index is 12.0. The molecule has 0 heterocycles. The van der Waals surface area contributed by atoms with E-state index in [-0.39, 0.29) is 32.1 Å². The van der Waals surface area contributed by atoms with E-state index < -0.39 is 26.5 Å². The van der Waals surface area contributed by atoms with Crippen LogP contribution in [0.4, 0.5) is 0 Å². The Morgan fingerprint density at radius 3 is 1.62 bits per heavy atom. The molecule has 0 spiro atoms. The predicted octanol–water partition coefficient (Wildman–Crippen LogP) is 7.37. The number of ether oxygens (including phenoxy) is 1. The molecule has 10 heteroatoms. The SMILES string of the molecule is CCCCCCCCCCCCCC(=O)NCCOP(=O)(O)OCC(O)COC(=O)CCCCCCCCCC. The third kappa shape index (κ3) is 28.5. The summed E-state index contributed by atoms with van der Waals surface area (Å²) >= 11 is 0. The molecule has 0 aromatic rings. The van der Waals surface area contributed by atoms with Gasteiger partial charge in [0.1, 0.15) is 12.7 Å². The number of phosphoric ester groups is 1. The van der Waals surface area contributed by atoms with Gasteiger partial charge in [-0.25, -0.2) is 4.57 Å². The lowest BCUT2D eigenvalue weighted by atomic mass is 10.1. The van der Waals surface area contributed by atoms with Crippen molar-refractivity contribution >= 4 is 19.7 Å². The normalized spacial score (nSPS) is 13.6. The highest BCUT2D eigenvalue weighted by Crippen LogP contribution is 2.42. The molecule has 2 unspecified atom stereocenters. The molecule has 2 atom stereocenters.